The molecule has 0 saturated heterocycles. The van der Waals surface area contributed by atoms with Crippen LogP contribution in [0.3, 0.4) is 0 Å². The van der Waals surface area contributed by atoms with Crippen LogP contribution in [0.15, 0.2) is 20.9 Å². The molecular weight excluding hydrogens is 112 g/mol. The fourth-order valence-corrected chi connectivity index (χ4v) is 0.0716. The summed E-state index contributed by atoms with van der Waals surface area (Å²) in [6, 6.07) is 0. The Kier molecular flexibility index (Phi) is 4.06. The third-order valence-corrected chi connectivity index (χ3v) is 0.200. The van der Waals surface area contributed by atoms with Crippen molar-refractivity contribution in [2.75, 3.05) is 0 Å². The Labute approximate surface area is 43.0 Å². The molecule has 40 valence electrons. The second kappa shape index (κ2) is 5.22. The summed E-state index contributed by atoms with van der Waals surface area (Å²) >= 11 is 0. The number of rotatable bonds is 2. The Morgan fingerprint density at radius 3 is 1.50 bits per heavy atom. The van der Waals surface area contributed by atoms with Gasteiger partial charge in [0.25, 0.3) is 0 Å². The van der Waals surface area contributed by atoms with E-state index in [9.17, 15) is 0 Å². The maximum atomic E-state index is 7.54. The van der Waals surface area contributed by atoms with E-state index in [1.54, 1.807) is 0 Å². The van der Waals surface area contributed by atoms with Crippen LogP contribution in [0.5, 0.6) is 0 Å². The van der Waals surface area contributed by atoms with Crippen LogP contribution in [0, 0.1) is 0 Å². The molecule has 8 heteroatoms. The summed E-state index contributed by atoms with van der Waals surface area (Å²) < 4.78 is 0. The van der Waals surface area contributed by atoms with Crippen molar-refractivity contribution >= 4 is 0 Å². The van der Waals surface area contributed by atoms with Gasteiger partial charge in [0.2, 0.25) is 10.4 Å². The van der Waals surface area contributed by atoms with Gasteiger partial charge in [-0.2, -0.15) is 9.82 Å². The maximum absolute atomic E-state index is 7.54. The van der Waals surface area contributed by atoms with Crippen LogP contribution in [0.1, 0.15) is 0 Å². The van der Waals surface area contributed by atoms with Gasteiger partial charge in [-0.05, 0) is 0 Å². The predicted molar refractivity (Wildman–Crippen MR) is 23.1 cm³/mol. The topological polar surface area (TPSA) is 122 Å². The summed E-state index contributed by atoms with van der Waals surface area (Å²) in [5.41, 5.74) is 15.1. The molecule has 0 amide bonds. The molecule has 0 N–H and O–H groups in total. The minimum absolute atomic E-state index is 2.19. The van der Waals surface area contributed by atoms with Gasteiger partial charge in [0, 0.05) is 0 Å². The molecule has 0 saturated carbocycles. The first-order valence-electron chi connectivity index (χ1n) is 1.40. The van der Waals surface area contributed by atoms with Gasteiger partial charge >= 0.3 is 0 Å². The van der Waals surface area contributed by atoms with E-state index in [0.717, 1.165) is 0 Å². The van der Waals surface area contributed by atoms with Crippen molar-refractivity contribution in [1.29, 1.82) is 0 Å². The van der Waals surface area contributed by atoms with Crippen LogP contribution < -0.4 is 0 Å². The first-order valence-corrected chi connectivity index (χ1v) is 1.40. The molecule has 0 bridgehead atoms. The SMILES string of the molecule is [N-]=[N+]=NN=NN=[N+]=[N-]. The number of nitrogens with zero attached hydrogens (tertiary/aromatic N) is 8. The molecule has 0 aromatic carbocycles. The lowest BCUT2D eigenvalue weighted by molar-refractivity contribution is 0.934. The van der Waals surface area contributed by atoms with Gasteiger partial charge in [0.1, 0.15) is 0 Å². The van der Waals surface area contributed by atoms with E-state index in [0.29, 0.717) is 0 Å². The van der Waals surface area contributed by atoms with Crippen LogP contribution in [-0.4, -0.2) is 0 Å². The Morgan fingerprint density at radius 1 is 0.875 bits per heavy atom. The lowest BCUT2D eigenvalue weighted by Crippen LogP contribution is -1.37. The Balaban J connectivity index is 3.66. The molecule has 0 aliphatic heterocycles. The second-order valence-electron chi connectivity index (χ2n) is 0.537. The normalized spacial score (nSPS) is 7.50. The molecule has 8 nitrogen and oxygen atoms in total. The van der Waals surface area contributed by atoms with E-state index >= 15 is 0 Å². The third kappa shape index (κ3) is 4.22. The summed E-state index contributed by atoms with van der Waals surface area (Å²) in [7, 11) is 0. The first-order chi connectivity index (χ1) is 3.91. The molecule has 0 radical (unpaired) electrons. The van der Waals surface area contributed by atoms with E-state index in [1.807, 2.05) is 0 Å². The minimum atomic E-state index is 2.19. The van der Waals surface area contributed by atoms with Gasteiger partial charge in [-0.15, -0.1) is 11.1 Å². The highest BCUT2D eigenvalue weighted by Crippen LogP contribution is 1.77. The van der Waals surface area contributed by atoms with Crippen molar-refractivity contribution in [3.8, 4) is 0 Å². The fraction of sp³-hybridized carbons (Fsp3) is 0. The molecule has 8 heavy (non-hydrogen) atoms. The van der Waals surface area contributed by atoms with Crippen molar-refractivity contribution < 1.29 is 0 Å². The van der Waals surface area contributed by atoms with Crippen molar-refractivity contribution in [3.05, 3.63) is 20.9 Å². The number of azide groups is 2. The summed E-state index contributed by atoms with van der Waals surface area (Å²) in [5, 5.41) is 10.6. The van der Waals surface area contributed by atoms with Gasteiger partial charge in [-0.25, -0.2) is 0 Å². The molecule has 0 aliphatic rings. The van der Waals surface area contributed by atoms with Crippen LogP contribution in [0.25, 0.3) is 20.9 Å². The first kappa shape index (κ1) is 6.22. The molecule has 0 aliphatic carbocycles. The summed E-state index contributed by atoms with van der Waals surface area (Å²) in [4.78, 5) is 4.38. The van der Waals surface area contributed by atoms with E-state index in [2.05, 4.69) is 30.7 Å². The Hall–Kier alpha value is -1.78. The van der Waals surface area contributed by atoms with Crippen LogP contribution >= 0.6 is 0 Å². The monoisotopic (exact) mass is 112 g/mol. The highest BCUT2D eigenvalue weighted by Gasteiger charge is 1.70. The lowest BCUT2D eigenvalue weighted by atomic mass is 12.4. The quantitative estimate of drug-likeness (QED) is 0.224. The maximum Gasteiger partial charge on any atom is 0.225 e. The molecule has 0 heterocycles. The highest BCUT2D eigenvalue weighted by atomic mass is 15.6. The summed E-state index contributed by atoms with van der Waals surface area (Å²) in [5.74, 6) is 0. The zero-order valence-electron chi connectivity index (χ0n) is 3.58. The second-order valence-corrected chi connectivity index (χ2v) is 0.537. The zero-order chi connectivity index (χ0) is 6.24. The van der Waals surface area contributed by atoms with Crippen molar-refractivity contribution in [1.82, 2.24) is 0 Å². The van der Waals surface area contributed by atoms with Crippen LogP contribution in [-0.2, 0) is 0 Å². The molecule has 0 aromatic heterocycles. The van der Waals surface area contributed by atoms with E-state index in [-0.39, 0.29) is 0 Å². The number of hydrogen-bond acceptors (Lipinski definition) is 0. The molecule has 0 fully saturated rings. The van der Waals surface area contributed by atoms with Gasteiger partial charge < -0.3 is 0 Å². The van der Waals surface area contributed by atoms with Crippen LogP contribution in [0.2, 0.25) is 0 Å². The Bertz CT molecular complexity index is 140. The average molecular weight is 112 g/mol. The smallest absolute Gasteiger partial charge is 0.161 e. The third-order valence-electron chi connectivity index (χ3n) is 0.200. The predicted octanol–water partition coefficient (Wildman–Crippen LogP) is 1.89. The van der Waals surface area contributed by atoms with Gasteiger partial charge in [0.15, 0.2) is 0 Å². The lowest BCUT2D eigenvalue weighted by Gasteiger charge is -1.47. The molecule has 0 unspecified atom stereocenters. The van der Waals surface area contributed by atoms with Crippen molar-refractivity contribution in [3.63, 3.8) is 0 Å². The largest absolute Gasteiger partial charge is 0.225 e. The highest BCUT2D eigenvalue weighted by molar-refractivity contribution is 4.34. The van der Waals surface area contributed by atoms with Gasteiger partial charge in [0.05, 0.1) is 10.4 Å². The van der Waals surface area contributed by atoms with E-state index in [4.69, 9.17) is 11.1 Å². The number of hydrogen-bond donors (Lipinski definition) is 0. The summed E-state index contributed by atoms with van der Waals surface area (Å²) in [6.45, 7) is 0. The van der Waals surface area contributed by atoms with Crippen molar-refractivity contribution in [2.24, 2.45) is 20.9 Å². The molecule has 0 atom stereocenters. The molecule has 0 aromatic rings. The van der Waals surface area contributed by atoms with E-state index in [1.165, 1.54) is 0 Å². The van der Waals surface area contributed by atoms with Crippen LogP contribution in [0.4, 0.5) is 0 Å². The average Bonchev–Trinajstić information content (AvgIpc) is 1.81. The molecular formula is N8. The van der Waals surface area contributed by atoms with E-state index < -0.39 is 0 Å². The zero-order valence-corrected chi connectivity index (χ0v) is 3.58. The van der Waals surface area contributed by atoms with Gasteiger partial charge in [-0.1, -0.05) is 0 Å². The van der Waals surface area contributed by atoms with Crippen molar-refractivity contribution in [2.45, 2.75) is 0 Å². The minimum Gasteiger partial charge on any atom is -0.161 e. The Morgan fingerprint density at radius 2 is 1.25 bits per heavy atom. The standard InChI is InChI=1S/N8/c1-3-5-7-8-6-4-2. The molecule has 0 rings (SSSR count). The fourth-order valence-electron chi connectivity index (χ4n) is 0.0716. The molecule has 0 spiro atoms. The van der Waals surface area contributed by atoms with Gasteiger partial charge in [-0.3, -0.25) is 0 Å². The summed E-state index contributed by atoms with van der Waals surface area (Å²) in [6.07, 6.45) is 0.